The Morgan fingerprint density at radius 3 is 2.62 bits per heavy atom. The van der Waals surface area contributed by atoms with Crippen molar-refractivity contribution in [3.8, 4) is 0 Å². The van der Waals surface area contributed by atoms with Crippen molar-refractivity contribution in [3.05, 3.63) is 56.7 Å². The minimum atomic E-state index is 0.179. The maximum absolute atomic E-state index is 5.60. The second kappa shape index (κ2) is 5.59. The predicted molar refractivity (Wildman–Crippen MR) is 72.2 cm³/mol. The molecule has 4 heteroatoms. The molecule has 0 radical (unpaired) electrons. The van der Waals surface area contributed by atoms with Crippen molar-refractivity contribution in [3.63, 3.8) is 0 Å². The van der Waals surface area contributed by atoms with E-state index < -0.39 is 0 Å². The molecule has 0 aliphatic carbocycles. The Morgan fingerprint density at radius 1 is 1.31 bits per heavy atom. The van der Waals surface area contributed by atoms with Crippen LogP contribution in [0, 0.1) is 0 Å². The average molecular weight is 297 g/mol. The Hall–Kier alpha value is -0.680. The van der Waals surface area contributed by atoms with Crippen LogP contribution < -0.4 is 11.3 Å². The first-order valence-electron chi connectivity index (χ1n) is 5.03. The monoisotopic (exact) mass is 296 g/mol. The summed E-state index contributed by atoms with van der Waals surface area (Å²) in [6, 6.07) is 12.6. The van der Waals surface area contributed by atoms with Gasteiger partial charge in [0.15, 0.2) is 0 Å². The fraction of sp³-hybridized carbons (Fsp3) is 0.167. The Balaban J connectivity index is 2.12. The van der Waals surface area contributed by atoms with Crippen LogP contribution in [-0.2, 0) is 6.42 Å². The van der Waals surface area contributed by atoms with Gasteiger partial charge in [-0.2, -0.15) is 0 Å². The van der Waals surface area contributed by atoms with E-state index in [-0.39, 0.29) is 6.04 Å². The molecule has 3 N–H and O–H groups in total. The number of hydrazine groups is 1. The predicted octanol–water partition coefficient (Wildman–Crippen LogP) is 3.26. The lowest BCUT2D eigenvalue weighted by Gasteiger charge is -2.13. The Bertz CT molecular complexity index is 441. The summed E-state index contributed by atoms with van der Waals surface area (Å²) in [6.45, 7) is 0. The highest BCUT2D eigenvalue weighted by molar-refractivity contribution is 9.10. The third-order valence-corrected chi connectivity index (χ3v) is 4.22. The van der Waals surface area contributed by atoms with Gasteiger partial charge < -0.3 is 0 Å². The average Bonchev–Trinajstić information content (AvgIpc) is 2.74. The van der Waals surface area contributed by atoms with E-state index in [1.165, 1.54) is 10.4 Å². The van der Waals surface area contributed by atoms with E-state index in [9.17, 15) is 0 Å². The highest BCUT2D eigenvalue weighted by atomic mass is 79.9. The van der Waals surface area contributed by atoms with Crippen molar-refractivity contribution in [1.82, 2.24) is 5.43 Å². The van der Waals surface area contributed by atoms with Gasteiger partial charge in [-0.15, -0.1) is 11.3 Å². The van der Waals surface area contributed by atoms with Gasteiger partial charge in [-0.25, -0.2) is 0 Å². The zero-order valence-corrected chi connectivity index (χ0v) is 11.1. The minimum Gasteiger partial charge on any atom is -0.271 e. The van der Waals surface area contributed by atoms with Crippen molar-refractivity contribution in [2.75, 3.05) is 0 Å². The fourth-order valence-corrected chi connectivity index (χ4v) is 3.11. The summed E-state index contributed by atoms with van der Waals surface area (Å²) >= 11 is 5.17. The molecular formula is C12H13BrN2S. The van der Waals surface area contributed by atoms with Gasteiger partial charge >= 0.3 is 0 Å². The largest absolute Gasteiger partial charge is 0.271 e. The standard InChI is InChI=1S/C12H13BrN2S/c13-10-7-12(16-8-10)11(15-14)6-9-4-2-1-3-5-9/h1-5,7-8,11,15H,6,14H2. The topological polar surface area (TPSA) is 38.0 Å². The van der Waals surface area contributed by atoms with E-state index in [1.807, 2.05) is 18.2 Å². The van der Waals surface area contributed by atoms with Gasteiger partial charge in [0.2, 0.25) is 0 Å². The summed E-state index contributed by atoms with van der Waals surface area (Å²) < 4.78 is 1.11. The smallest absolute Gasteiger partial charge is 0.0593 e. The van der Waals surface area contributed by atoms with Gasteiger partial charge in [0, 0.05) is 14.7 Å². The Morgan fingerprint density at radius 2 is 2.06 bits per heavy atom. The number of benzene rings is 1. The third kappa shape index (κ3) is 2.92. The molecular weight excluding hydrogens is 284 g/mol. The van der Waals surface area contributed by atoms with Crippen molar-refractivity contribution in [2.24, 2.45) is 5.84 Å². The van der Waals surface area contributed by atoms with Gasteiger partial charge in [0.25, 0.3) is 0 Å². The molecule has 0 amide bonds. The zero-order chi connectivity index (χ0) is 11.4. The molecule has 0 aliphatic heterocycles. The lowest BCUT2D eigenvalue weighted by Crippen LogP contribution is -2.28. The molecule has 2 nitrogen and oxygen atoms in total. The normalized spacial score (nSPS) is 12.6. The molecule has 84 valence electrons. The highest BCUT2D eigenvalue weighted by Gasteiger charge is 2.12. The highest BCUT2D eigenvalue weighted by Crippen LogP contribution is 2.27. The summed E-state index contributed by atoms with van der Waals surface area (Å²) in [5.41, 5.74) is 4.16. The lowest BCUT2D eigenvalue weighted by molar-refractivity contribution is 0.560. The summed E-state index contributed by atoms with van der Waals surface area (Å²) in [7, 11) is 0. The zero-order valence-electron chi connectivity index (χ0n) is 8.69. The van der Waals surface area contributed by atoms with Crippen LogP contribution in [0.3, 0.4) is 0 Å². The maximum Gasteiger partial charge on any atom is 0.0593 e. The Kier molecular flexibility index (Phi) is 4.12. The molecule has 0 fully saturated rings. The molecule has 0 bridgehead atoms. The molecule has 0 spiro atoms. The first-order chi connectivity index (χ1) is 7.79. The second-order valence-corrected chi connectivity index (χ2v) is 5.43. The molecule has 0 saturated heterocycles. The van der Waals surface area contributed by atoms with Crippen LogP contribution in [0.4, 0.5) is 0 Å². The maximum atomic E-state index is 5.60. The first-order valence-corrected chi connectivity index (χ1v) is 6.71. The van der Waals surface area contributed by atoms with E-state index in [2.05, 4.69) is 44.9 Å². The number of nitrogens with one attached hydrogen (secondary N) is 1. The third-order valence-electron chi connectivity index (χ3n) is 2.42. The van der Waals surface area contributed by atoms with Gasteiger partial charge in [-0.05, 0) is 34.0 Å². The fourth-order valence-electron chi connectivity index (χ4n) is 1.60. The number of halogens is 1. The van der Waals surface area contributed by atoms with Crippen molar-refractivity contribution >= 4 is 27.3 Å². The summed E-state index contributed by atoms with van der Waals surface area (Å²) in [5.74, 6) is 5.60. The molecule has 1 heterocycles. The molecule has 0 aliphatic rings. The molecule has 1 aromatic carbocycles. The van der Waals surface area contributed by atoms with E-state index in [4.69, 9.17) is 5.84 Å². The van der Waals surface area contributed by atoms with Gasteiger partial charge in [0.05, 0.1) is 6.04 Å². The van der Waals surface area contributed by atoms with Crippen molar-refractivity contribution in [2.45, 2.75) is 12.5 Å². The number of hydrogen-bond acceptors (Lipinski definition) is 3. The van der Waals surface area contributed by atoms with E-state index in [1.54, 1.807) is 11.3 Å². The molecule has 0 saturated carbocycles. The number of hydrogen-bond donors (Lipinski definition) is 2. The minimum absolute atomic E-state index is 0.179. The summed E-state index contributed by atoms with van der Waals surface area (Å²) in [5, 5.41) is 2.07. The van der Waals surface area contributed by atoms with E-state index in [0.29, 0.717) is 0 Å². The summed E-state index contributed by atoms with van der Waals surface area (Å²) in [4.78, 5) is 1.25. The number of nitrogens with two attached hydrogens (primary N) is 1. The van der Waals surface area contributed by atoms with Gasteiger partial charge in [-0.3, -0.25) is 11.3 Å². The van der Waals surface area contributed by atoms with E-state index >= 15 is 0 Å². The number of rotatable bonds is 4. The van der Waals surface area contributed by atoms with Crippen molar-refractivity contribution < 1.29 is 0 Å². The Labute approximate surface area is 108 Å². The quantitative estimate of drug-likeness (QED) is 0.671. The van der Waals surface area contributed by atoms with Crippen LogP contribution >= 0.6 is 27.3 Å². The van der Waals surface area contributed by atoms with Crippen LogP contribution in [0.5, 0.6) is 0 Å². The van der Waals surface area contributed by atoms with Gasteiger partial charge in [0.1, 0.15) is 0 Å². The number of thiophene rings is 1. The van der Waals surface area contributed by atoms with Crippen LogP contribution in [0.15, 0.2) is 46.3 Å². The molecule has 2 rings (SSSR count). The van der Waals surface area contributed by atoms with Crippen LogP contribution in [0.25, 0.3) is 0 Å². The second-order valence-electron chi connectivity index (χ2n) is 3.58. The SMILES string of the molecule is NNC(Cc1ccccc1)c1cc(Br)cs1. The van der Waals surface area contributed by atoms with Crippen LogP contribution in [0.2, 0.25) is 0 Å². The first kappa shape index (κ1) is 11.8. The van der Waals surface area contributed by atoms with Crippen LogP contribution in [-0.4, -0.2) is 0 Å². The van der Waals surface area contributed by atoms with E-state index in [0.717, 1.165) is 10.9 Å². The lowest BCUT2D eigenvalue weighted by atomic mass is 10.1. The summed E-state index contributed by atoms with van der Waals surface area (Å²) in [6.07, 6.45) is 0.907. The molecule has 16 heavy (non-hydrogen) atoms. The molecule has 1 aromatic heterocycles. The van der Waals surface area contributed by atoms with Crippen LogP contribution in [0.1, 0.15) is 16.5 Å². The van der Waals surface area contributed by atoms with Crippen molar-refractivity contribution in [1.29, 1.82) is 0 Å². The molecule has 1 atom stereocenters. The van der Waals surface area contributed by atoms with Gasteiger partial charge in [-0.1, -0.05) is 30.3 Å². The molecule has 2 aromatic rings. The molecule has 1 unspecified atom stereocenters.